The van der Waals surface area contributed by atoms with Gasteiger partial charge in [-0.25, -0.2) is 0 Å². The van der Waals surface area contributed by atoms with E-state index >= 15 is 0 Å². The zero-order valence-corrected chi connectivity index (χ0v) is 15.0. The zero-order chi connectivity index (χ0) is 18.3. The third-order valence-corrected chi connectivity index (χ3v) is 5.38. The number of ether oxygens (including phenoxy) is 1. The molecule has 0 aliphatic carbocycles. The molecule has 6 nitrogen and oxygen atoms in total. The van der Waals surface area contributed by atoms with E-state index in [0.717, 1.165) is 22.5 Å². The minimum Gasteiger partial charge on any atom is -0.394 e. The summed E-state index contributed by atoms with van der Waals surface area (Å²) in [5, 5.41) is 27.3. The molecule has 0 saturated heterocycles. The number of nitrogens with zero attached hydrogens (tertiary/aromatic N) is 1. The van der Waals surface area contributed by atoms with Crippen LogP contribution in [0.2, 0.25) is 0 Å². The average molecular weight is 355 g/mol. The maximum absolute atomic E-state index is 11.0. The molecule has 1 unspecified atom stereocenters. The molecular weight excluding hydrogens is 330 g/mol. The van der Waals surface area contributed by atoms with Gasteiger partial charge in [-0.1, -0.05) is 30.3 Å². The number of fused-ring (bicyclic) bond motifs is 2. The maximum Gasteiger partial charge on any atom is 0.144 e. The first-order chi connectivity index (χ1) is 12.6. The molecule has 4 atom stereocenters. The molecule has 3 aliphatic heterocycles. The first-order valence-corrected chi connectivity index (χ1v) is 8.98. The maximum atomic E-state index is 11.0. The van der Waals surface area contributed by atoms with E-state index in [1.807, 2.05) is 42.6 Å². The highest BCUT2D eigenvalue weighted by Gasteiger charge is 2.43. The van der Waals surface area contributed by atoms with Crippen LogP contribution < -0.4 is 10.6 Å². The summed E-state index contributed by atoms with van der Waals surface area (Å²) in [7, 11) is 0. The van der Waals surface area contributed by atoms with Gasteiger partial charge in [-0.15, -0.1) is 0 Å². The van der Waals surface area contributed by atoms with Crippen LogP contribution in [0.15, 0.2) is 65.3 Å². The molecule has 0 saturated carbocycles. The molecule has 4 N–H and O–H groups in total. The topological polar surface area (TPSA) is 77.0 Å². The molecule has 3 heterocycles. The molecule has 0 aromatic heterocycles. The van der Waals surface area contributed by atoms with Gasteiger partial charge < -0.3 is 30.5 Å². The molecule has 0 amide bonds. The van der Waals surface area contributed by atoms with Gasteiger partial charge in [0.2, 0.25) is 0 Å². The van der Waals surface area contributed by atoms with Gasteiger partial charge in [0.25, 0.3) is 0 Å². The number of rotatable bonds is 4. The van der Waals surface area contributed by atoms with E-state index < -0.39 is 12.2 Å². The number of hydrogen-bond acceptors (Lipinski definition) is 6. The van der Waals surface area contributed by atoms with Crippen molar-refractivity contribution in [1.82, 2.24) is 15.5 Å². The lowest BCUT2D eigenvalue weighted by Gasteiger charge is -2.43. The number of nitrogens with one attached hydrogen (secondary N) is 2. The highest BCUT2D eigenvalue weighted by atomic mass is 16.5. The molecule has 0 bridgehead atoms. The van der Waals surface area contributed by atoms with Crippen molar-refractivity contribution in [3.8, 4) is 0 Å². The lowest BCUT2D eigenvalue weighted by atomic mass is 9.86. The fraction of sp³-hybridized carbons (Fsp3) is 0.400. The third kappa shape index (κ3) is 2.70. The lowest BCUT2D eigenvalue weighted by Crippen LogP contribution is -2.54. The summed E-state index contributed by atoms with van der Waals surface area (Å²) < 4.78 is 5.86. The molecular formula is C20H25N3O3. The number of aliphatic hydroxyl groups is 2. The Morgan fingerprint density at radius 3 is 2.65 bits per heavy atom. The van der Waals surface area contributed by atoms with Gasteiger partial charge in [-0.05, 0) is 25.5 Å². The fourth-order valence-corrected chi connectivity index (χ4v) is 3.91. The van der Waals surface area contributed by atoms with E-state index in [2.05, 4.69) is 29.4 Å². The molecule has 26 heavy (non-hydrogen) atoms. The van der Waals surface area contributed by atoms with E-state index in [0.29, 0.717) is 0 Å². The molecule has 0 radical (unpaired) electrons. The Hall–Kier alpha value is -2.28. The molecule has 1 aromatic carbocycles. The van der Waals surface area contributed by atoms with Crippen LogP contribution in [0.1, 0.15) is 25.5 Å². The predicted molar refractivity (Wildman–Crippen MR) is 98.5 cm³/mol. The Labute approximate surface area is 153 Å². The van der Waals surface area contributed by atoms with Crippen LogP contribution in [-0.4, -0.2) is 46.7 Å². The van der Waals surface area contributed by atoms with Crippen LogP contribution in [-0.2, 0) is 4.74 Å². The second-order valence-corrected chi connectivity index (χ2v) is 6.89. The van der Waals surface area contributed by atoms with Gasteiger partial charge >= 0.3 is 0 Å². The largest absolute Gasteiger partial charge is 0.394 e. The van der Waals surface area contributed by atoms with Crippen molar-refractivity contribution >= 4 is 0 Å². The number of aliphatic hydroxyl groups excluding tert-OH is 2. The third-order valence-electron chi connectivity index (χ3n) is 5.38. The lowest BCUT2D eigenvalue weighted by molar-refractivity contribution is -0.0486. The quantitative estimate of drug-likeness (QED) is 0.653. The Morgan fingerprint density at radius 2 is 1.92 bits per heavy atom. The summed E-state index contributed by atoms with van der Waals surface area (Å²) in [6.45, 7) is 4.26. The van der Waals surface area contributed by atoms with Gasteiger partial charge in [0.15, 0.2) is 0 Å². The first-order valence-electron chi connectivity index (χ1n) is 8.98. The van der Waals surface area contributed by atoms with Crippen LogP contribution in [0.5, 0.6) is 0 Å². The molecule has 3 aliphatic rings. The van der Waals surface area contributed by atoms with Crippen LogP contribution in [0.4, 0.5) is 0 Å². The number of allylic oxidation sites excluding steroid dienone is 2. The standard InChI is InChI=1S/C20H25N3O3/c1-12-13(2)23-9-8-15-17(20(23)21-12)22-16(14-6-4-3-5-7-14)18(25)19(15)26-11-10-24/h3-9,16,18-22,24-25H,10-11H2,1-2H3/t16-,18-,19-,20?/m1/s1. The fourth-order valence-electron chi connectivity index (χ4n) is 3.91. The van der Waals surface area contributed by atoms with Gasteiger partial charge in [0, 0.05) is 23.2 Å². The molecule has 138 valence electrons. The van der Waals surface area contributed by atoms with Crippen LogP contribution in [0, 0.1) is 0 Å². The SMILES string of the molecule is CC1=C(C)N2C=CC3=C(N[C@H](c4ccccc4)[C@@H](O)[C@@H]3OCCO)C2N1. The summed E-state index contributed by atoms with van der Waals surface area (Å²) in [6.07, 6.45) is 2.73. The molecule has 0 fully saturated rings. The van der Waals surface area contributed by atoms with Crippen molar-refractivity contribution in [2.45, 2.75) is 38.3 Å². The Balaban J connectivity index is 1.73. The van der Waals surface area contributed by atoms with Crippen molar-refractivity contribution in [2.24, 2.45) is 0 Å². The van der Waals surface area contributed by atoms with Crippen molar-refractivity contribution < 1.29 is 14.9 Å². The highest BCUT2D eigenvalue weighted by Crippen LogP contribution is 2.38. The minimum absolute atomic E-state index is 0.0334. The summed E-state index contributed by atoms with van der Waals surface area (Å²) in [5.41, 5.74) is 5.24. The van der Waals surface area contributed by atoms with E-state index in [4.69, 9.17) is 4.74 Å². The Bertz CT molecular complexity index is 772. The van der Waals surface area contributed by atoms with E-state index in [1.54, 1.807) is 0 Å². The molecule has 1 aromatic rings. The summed E-state index contributed by atoms with van der Waals surface area (Å²) in [4.78, 5) is 2.18. The van der Waals surface area contributed by atoms with Gasteiger partial charge in [0.1, 0.15) is 18.4 Å². The van der Waals surface area contributed by atoms with E-state index in [-0.39, 0.29) is 25.4 Å². The van der Waals surface area contributed by atoms with Gasteiger partial charge in [-0.2, -0.15) is 0 Å². The molecule has 0 spiro atoms. The Morgan fingerprint density at radius 1 is 1.15 bits per heavy atom. The van der Waals surface area contributed by atoms with Crippen LogP contribution >= 0.6 is 0 Å². The predicted octanol–water partition coefficient (Wildman–Crippen LogP) is 1.33. The smallest absolute Gasteiger partial charge is 0.144 e. The minimum atomic E-state index is -0.754. The highest BCUT2D eigenvalue weighted by molar-refractivity contribution is 5.44. The first kappa shape index (κ1) is 17.1. The zero-order valence-electron chi connectivity index (χ0n) is 15.0. The second kappa shape index (κ2) is 6.79. The average Bonchev–Trinajstić information content (AvgIpc) is 2.96. The Kier molecular flexibility index (Phi) is 4.48. The summed E-state index contributed by atoms with van der Waals surface area (Å²) >= 11 is 0. The van der Waals surface area contributed by atoms with Gasteiger partial charge in [0.05, 0.1) is 25.0 Å². The normalized spacial score (nSPS) is 30.1. The summed E-state index contributed by atoms with van der Waals surface area (Å²) in [5.74, 6) is 0. The van der Waals surface area contributed by atoms with E-state index in [1.165, 1.54) is 5.70 Å². The van der Waals surface area contributed by atoms with Crippen molar-refractivity contribution in [2.75, 3.05) is 13.2 Å². The monoisotopic (exact) mass is 355 g/mol. The van der Waals surface area contributed by atoms with Crippen molar-refractivity contribution in [3.05, 3.63) is 70.8 Å². The van der Waals surface area contributed by atoms with Crippen LogP contribution in [0.3, 0.4) is 0 Å². The second-order valence-electron chi connectivity index (χ2n) is 6.89. The van der Waals surface area contributed by atoms with Crippen LogP contribution in [0.25, 0.3) is 0 Å². The van der Waals surface area contributed by atoms with Crippen molar-refractivity contribution in [3.63, 3.8) is 0 Å². The number of hydrogen-bond donors (Lipinski definition) is 4. The summed E-state index contributed by atoms with van der Waals surface area (Å²) in [6, 6.07) is 9.62. The van der Waals surface area contributed by atoms with E-state index in [9.17, 15) is 10.2 Å². The molecule has 4 rings (SSSR count). The van der Waals surface area contributed by atoms with Crippen molar-refractivity contribution in [1.29, 1.82) is 0 Å². The molecule has 6 heteroatoms. The number of benzene rings is 1. The van der Waals surface area contributed by atoms with Gasteiger partial charge in [-0.3, -0.25) is 0 Å².